The van der Waals surface area contributed by atoms with Crippen molar-refractivity contribution in [3.05, 3.63) is 17.1 Å². The highest BCUT2D eigenvalue weighted by molar-refractivity contribution is 5.79. The zero-order valence-electron chi connectivity index (χ0n) is 17.2. The van der Waals surface area contributed by atoms with Crippen LogP contribution in [0.25, 0.3) is 0 Å². The SMILES string of the molecule is Cc1nc2c(c(N(C)C[C@@H]3CC(=O)N(C(C)(C)C)C3)n1)CCN(C)CC2. The fourth-order valence-corrected chi connectivity index (χ4v) is 4.15. The van der Waals surface area contributed by atoms with Crippen molar-refractivity contribution < 1.29 is 4.79 Å². The van der Waals surface area contributed by atoms with E-state index in [4.69, 9.17) is 9.97 Å². The molecule has 6 nitrogen and oxygen atoms in total. The van der Waals surface area contributed by atoms with E-state index in [1.54, 1.807) is 0 Å². The van der Waals surface area contributed by atoms with E-state index in [0.717, 1.165) is 50.7 Å². The van der Waals surface area contributed by atoms with Crippen molar-refractivity contribution in [2.75, 3.05) is 45.2 Å². The van der Waals surface area contributed by atoms with Gasteiger partial charge in [0, 0.05) is 63.1 Å². The summed E-state index contributed by atoms with van der Waals surface area (Å²) >= 11 is 0. The van der Waals surface area contributed by atoms with Crippen LogP contribution in [0.15, 0.2) is 0 Å². The molecule has 0 N–H and O–H groups in total. The number of aromatic nitrogens is 2. The van der Waals surface area contributed by atoms with Gasteiger partial charge in [-0.05, 0) is 41.2 Å². The Morgan fingerprint density at radius 3 is 2.54 bits per heavy atom. The lowest BCUT2D eigenvalue weighted by Crippen LogP contribution is -2.42. The normalized spacial score (nSPS) is 21.7. The van der Waals surface area contributed by atoms with Gasteiger partial charge in [0.25, 0.3) is 0 Å². The highest BCUT2D eigenvalue weighted by Gasteiger charge is 2.36. The van der Waals surface area contributed by atoms with E-state index in [9.17, 15) is 4.79 Å². The Morgan fingerprint density at radius 2 is 1.88 bits per heavy atom. The molecule has 6 heteroatoms. The summed E-state index contributed by atoms with van der Waals surface area (Å²) in [6.07, 6.45) is 2.61. The summed E-state index contributed by atoms with van der Waals surface area (Å²) in [5.41, 5.74) is 2.39. The molecule has 1 amide bonds. The van der Waals surface area contributed by atoms with Crippen molar-refractivity contribution in [3.63, 3.8) is 0 Å². The molecular weight excluding hydrogens is 326 g/mol. The summed E-state index contributed by atoms with van der Waals surface area (Å²) in [5.74, 6) is 2.53. The highest BCUT2D eigenvalue weighted by Crippen LogP contribution is 2.29. The number of anilines is 1. The van der Waals surface area contributed by atoms with Gasteiger partial charge in [0.2, 0.25) is 5.91 Å². The third-order valence-electron chi connectivity index (χ3n) is 5.57. The van der Waals surface area contributed by atoms with Gasteiger partial charge >= 0.3 is 0 Å². The first-order valence-electron chi connectivity index (χ1n) is 9.71. The quantitative estimate of drug-likeness (QED) is 0.825. The zero-order valence-corrected chi connectivity index (χ0v) is 17.2. The van der Waals surface area contributed by atoms with E-state index in [-0.39, 0.29) is 11.4 Å². The van der Waals surface area contributed by atoms with Crippen molar-refractivity contribution >= 4 is 11.7 Å². The molecule has 0 aliphatic carbocycles. The van der Waals surface area contributed by atoms with Crippen LogP contribution in [0.1, 0.15) is 44.3 Å². The van der Waals surface area contributed by atoms with Crippen molar-refractivity contribution in [3.8, 4) is 0 Å². The van der Waals surface area contributed by atoms with Crippen molar-refractivity contribution in [1.29, 1.82) is 0 Å². The number of hydrogen-bond donors (Lipinski definition) is 0. The van der Waals surface area contributed by atoms with E-state index in [1.807, 2.05) is 11.8 Å². The van der Waals surface area contributed by atoms with Crippen molar-refractivity contribution in [2.24, 2.45) is 5.92 Å². The van der Waals surface area contributed by atoms with Gasteiger partial charge in [-0.2, -0.15) is 0 Å². The maximum absolute atomic E-state index is 12.4. The molecule has 0 spiro atoms. The summed E-state index contributed by atoms with van der Waals surface area (Å²) in [6.45, 7) is 12.1. The predicted molar refractivity (Wildman–Crippen MR) is 105 cm³/mol. The van der Waals surface area contributed by atoms with Gasteiger partial charge in [-0.25, -0.2) is 9.97 Å². The standard InChI is InChI=1S/C20H33N5O/c1-14-21-17-8-10-23(5)9-7-16(17)19(22-14)24(6)12-15-11-18(26)25(13-15)20(2,3)4/h15H,7-13H2,1-6H3/t15-/m0/s1. The molecular formula is C20H33N5O. The molecule has 2 aliphatic rings. The van der Waals surface area contributed by atoms with Crippen LogP contribution in [0.5, 0.6) is 0 Å². The third-order valence-corrected chi connectivity index (χ3v) is 5.57. The molecule has 1 atom stereocenters. The summed E-state index contributed by atoms with van der Waals surface area (Å²) in [4.78, 5) is 28.5. The Kier molecular flexibility index (Phi) is 5.24. The molecule has 0 bridgehead atoms. The highest BCUT2D eigenvalue weighted by atomic mass is 16.2. The molecule has 1 fully saturated rings. The van der Waals surface area contributed by atoms with Crippen LogP contribution in [-0.4, -0.2) is 71.5 Å². The third kappa shape index (κ3) is 4.00. The first kappa shape index (κ1) is 19.1. The van der Waals surface area contributed by atoms with Gasteiger partial charge in [-0.1, -0.05) is 0 Å². The molecule has 144 valence electrons. The van der Waals surface area contributed by atoms with Crippen LogP contribution in [-0.2, 0) is 17.6 Å². The van der Waals surface area contributed by atoms with Gasteiger partial charge in [0.1, 0.15) is 11.6 Å². The number of rotatable bonds is 3. The number of carbonyl (C=O) groups excluding carboxylic acids is 1. The number of amides is 1. The number of hydrogen-bond acceptors (Lipinski definition) is 5. The van der Waals surface area contributed by atoms with Crippen molar-refractivity contribution in [2.45, 2.75) is 52.5 Å². The molecule has 2 aliphatic heterocycles. The van der Waals surface area contributed by atoms with Gasteiger partial charge in [-0.3, -0.25) is 4.79 Å². The second kappa shape index (κ2) is 7.14. The number of fused-ring (bicyclic) bond motifs is 1. The first-order valence-corrected chi connectivity index (χ1v) is 9.71. The van der Waals surface area contributed by atoms with Crippen molar-refractivity contribution in [1.82, 2.24) is 19.8 Å². The molecule has 0 unspecified atom stereocenters. The monoisotopic (exact) mass is 359 g/mol. The Balaban J connectivity index is 1.78. The van der Waals surface area contributed by atoms with Gasteiger partial charge < -0.3 is 14.7 Å². The van der Waals surface area contributed by atoms with E-state index >= 15 is 0 Å². The maximum atomic E-state index is 12.4. The smallest absolute Gasteiger partial charge is 0.223 e. The Labute approximate surface area is 157 Å². The average Bonchev–Trinajstić information content (AvgIpc) is 2.81. The van der Waals surface area contributed by atoms with E-state index in [2.05, 4.69) is 44.7 Å². The molecule has 3 heterocycles. The first-order chi connectivity index (χ1) is 12.1. The Morgan fingerprint density at radius 1 is 1.19 bits per heavy atom. The van der Waals surface area contributed by atoms with Crippen LogP contribution in [0.4, 0.5) is 5.82 Å². The van der Waals surface area contributed by atoms with E-state index < -0.39 is 0 Å². The van der Waals surface area contributed by atoms with E-state index in [1.165, 1.54) is 11.3 Å². The Hall–Kier alpha value is -1.69. The lowest BCUT2D eigenvalue weighted by molar-refractivity contribution is -0.131. The molecule has 26 heavy (non-hydrogen) atoms. The number of aryl methyl sites for hydroxylation is 1. The zero-order chi connectivity index (χ0) is 19.1. The summed E-state index contributed by atoms with van der Waals surface area (Å²) < 4.78 is 0. The minimum absolute atomic E-state index is 0.0996. The summed E-state index contributed by atoms with van der Waals surface area (Å²) in [5, 5.41) is 0. The van der Waals surface area contributed by atoms with Gasteiger partial charge in [0.05, 0.1) is 5.69 Å². The van der Waals surface area contributed by atoms with Crippen LogP contribution >= 0.6 is 0 Å². The Bertz CT molecular complexity index is 682. The van der Waals surface area contributed by atoms with Crippen LogP contribution in [0, 0.1) is 12.8 Å². The molecule has 1 saturated heterocycles. The number of nitrogens with zero attached hydrogens (tertiary/aromatic N) is 5. The second-order valence-electron chi connectivity index (χ2n) is 8.95. The molecule has 3 rings (SSSR count). The molecule has 1 aromatic heterocycles. The largest absolute Gasteiger partial charge is 0.359 e. The van der Waals surface area contributed by atoms with Gasteiger partial charge in [-0.15, -0.1) is 0 Å². The van der Waals surface area contributed by atoms with E-state index in [0.29, 0.717) is 12.3 Å². The molecule has 0 aromatic carbocycles. The fraction of sp³-hybridized carbons (Fsp3) is 0.750. The second-order valence-corrected chi connectivity index (χ2v) is 8.95. The van der Waals surface area contributed by atoms with Crippen LogP contribution in [0.2, 0.25) is 0 Å². The minimum atomic E-state index is -0.0996. The minimum Gasteiger partial charge on any atom is -0.359 e. The lowest BCUT2D eigenvalue weighted by Gasteiger charge is -2.32. The lowest BCUT2D eigenvalue weighted by atomic mass is 10.1. The average molecular weight is 360 g/mol. The summed E-state index contributed by atoms with van der Waals surface area (Å²) in [6, 6.07) is 0. The summed E-state index contributed by atoms with van der Waals surface area (Å²) in [7, 11) is 4.28. The topological polar surface area (TPSA) is 52.6 Å². The predicted octanol–water partition coefficient (Wildman–Crippen LogP) is 1.90. The van der Waals surface area contributed by atoms with Crippen LogP contribution < -0.4 is 4.90 Å². The molecule has 0 saturated carbocycles. The maximum Gasteiger partial charge on any atom is 0.223 e. The van der Waals surface area contributed by atoms with Gasteiger partial charge in [0.15, 0.2) is 0 Å². The van der Waals surface area contributed by atoms with Crippen LogP contribution in [0.3, 0.4) is 0 Å². The molecule has 1 aromatic rings. The number of carbonyl (C=O) groups is 1. The fourth-order valence-electron chi connectivity index (χ4n) is 4.15. The number of likely N-dealkylation sites (N-methyl/N-ethyl adjacent to an activating group) is 1. The molecule has 0 radical (unpaired) electrons. The number of likely N-dealkylation sites (tertiary alicyclic amines) is 1.